The number of ether oxygens (including phenoxy) is 1. The van der Waals surface area contributed by atoms with Crippen molar-refractivity contribution in [2.45, 2.75) is 13.2 Å². The Morgan fingerprint density at radius 3 is 1.85 bits per heavy atom. The van der Waals surface area contributed by atoms with Gasteiger partial charge in [0.1, 0.15) is 5.75 Å². The van der Waals surface area contributed by atoms with Crippen molar-refractivity contribution in [1.82, 2.24) is 0 Å². The van der Waals surface area contributed by atoms with E-state index in [1.165, 1.54) is 12.1 Å². The van der Waals surface area contributed by atoms with Gasteiger partial charge in [-0.05, 0) is 24.6 Å². The minimum Gasteiger partial charge on any atom is -0.545 e. The second kappa shape index (κ2) is 10.5. The first-order valence-electron chi connectivity index (χ1n) is 5.75. The second-order valence-electron chi connectivity index (χ2n) is 3.68. The monoisotopic (exact) mass is 282 g/mol. The van der Waals surface area contributed by atoms with Gasteiger partial charge in [-0.25, -0.2) is 0 Å². The SMILES string of the molecule is CC(O)Oc1ccccc1.O=C([O-])c1ccccc1.[Na+]. The van der Waals surface area contributed by atoms with Gasteiger partial charge in [-0.2, -0.15) is 0 Å². The number of aromatic carboxylic acids is 1. The molecule has 0 aliphatic rings. The van der Waals surface area contributed by atoms with Crippen molar-refractivity contribution in [3.8, 4) is 5.75 Å². The van der Waals surface area contributed by atoms with Gasteiger partial charge in [-0.3, -0.25) is 0 Å². The molecule has 0 saturated heterocycles. The number of hydrogen-bond acceptors (Lipinski definition) is 4. The van der Waals surface area contributed by atoms with Gasteiger partial charge in [0.05, 0.1) is 5.97 Å². The molecule has 1 atom stereocenters. The summed E-state index contributed by atoms with van der Waals surface area (Å²) in [6.45, 7) is 1.58. The normalized spacial score (nSPS) is 10.3. The van der Waals surface area contributed by atoms with Gasteiger partial charge < -0.3 is 19.7 Å². The molecule has 2 rings (SSSR count). The summed E-state index contributed by atoms with van der Waals surface area (Å²) >= 11 is 0. The maximum atomic E-state index is 10.1. The van der Waals surface area contributed by atoms with Crippen molar-refractivity contribution in [1.29, 1.82) is 0 Å². The summed E-state index contributed by atoms with van der Waals surface area (Å²) in [5.74, 6) is -0.437. The van der Waals surface area contributed by atoms with Gasteiger partial charge in [0.25, 0.3) is 0 Å². The zero-order chi connectivity index (χ0) is 14.1. The number of carboxylic acids is 1. The van der Waals surface area contributed by atoms with Crippen LogP contribution in [0.1, 0.15) is 17.3 Å². The first kappa shape index (κ1) is 18.7. The van der Waals surface area contributed by atoms with Crippen molar-refractivity contribution in [3.05, 3.63) is 66.2 Å². The molecule has 100 valence electrons. The van der Waals surface area contributed by atoms with E-state index in [2.05, 4.69) is 0 Å². The number of carbonyl (C=O) groups excluding carboxylic acids is 1. The van der Waals surface area contributed by atoms with E-state index < -0.39 is 12.3 Å². The predicted octanol–water partition coefficient (Wildman–Crippen LogP) is -1.54. The molecule has 0 amide bonds. The maximum Gasteiger partial charge on any atom is 1.00 e. The van der Waals surface area contributed by atoms with E-state index in [1.54, 1.807) is 37.3 Å². The Bertz CT molecular complexity index is 486. The van der Waals surface area contributed by atoms with Crippen LogP contribution in [0.4, 0.5) is 0 Å². The minimum absolute atomic E-state index is 0. The molecular weight excluding hydrogens is 267 g/mol. The van der Waals surface area contributed by atoms with Crippen molar-refractivity contribution in [2.24, 2.45) is 0 Å². The van der Waals surface area contributed by atoms with Crippen molar-refractivity contribution in [3.63, 3.8) is 0 Å². The van der Waals surface area contributed by atoms with Gasteiger partial charge in [0.15, 0.2) is 6.29 Å². The van der Waals surface area contributed by atoms with Crippen LogP contribution in [0.3, 0.4) is 0 Å². The molecule has 0 saturated carbocycles. The Kier molecular flexibility index (Phi) is 9.76. The number of para-hydroxylation sites is 1. The van der Waals surface area contributed by atoms with E-state index in [4.69, 9.17) is 9.84 Å². The van der Waals surface area contributed by atoms with E-state index in [1.807, 2.05) is 18.2 Å². The molecule has 0 aliphatic carbocycles. The van der Waals surface area contributed by atoms with Crippen LogP contribution in [-0.4, -0.2) is 17.4 Å². The first-order chi connectivity index (χ1) is 9.09. The van der Waals surface area contributed by atoms with Crippen molar-refractivity contribution >= 4 is 5.97 Å². The smallest absolute Gasteiger partial charge is 0.545 e. The fourth-order valence-electron chi connectivity index (χ4n) is 1.27. The van der Waals surface area contributed by atoms with Gasteiger partial charge in [0, 0.05) is 0 Å². The zero-order valence-corrected chi connectivity index (χ0v) is 13.5. The average molecular weight is 282 g/mol. The van der Waals surface area contributed by atoms with Crippen LogP contribution >= 0.6 is 0 Å². The molecule has 0 aromatic heterocycles. The van der Waals surface area contributed by atoms with Crippen LogP contribution in [0, 0.1) is 0 Å². The molecule has 0 radical (unpaired) electrons. The van der Waals surface area contributed by atoms with Crippen molar-refractivity contribution < 1.29 is 49.3 Å². The quantitative estimate of drug-likeness (QED) is 0.547. The summed E-state index contributed by atoms with van der Waals surface area (Å²) in [5, 5.41) is 18.9. The molecule has 0 heterocycles. The molecule has 0 fully saturated rings. The van der Waals surface area contributed by atoms with E-state index in [0.29, 0.717) is 5.75 Å². The van der Waals surface area contributed by atoms with E-state index in [-0.39, 0.29) is 35.1 Å². The molecular formula is C15H15NaO4. The van der Waals surface area contributed by atoms with Crippen LogP contribution in [0.15, 0.2) is 60.7 Å². The summed E-state index contributed by atoms with van der Waals surface area (Å²) in [7, 11) is 0. The molecule has 0 spiro atoms. The van der Waals surface area contributed by atoms with Gasteiger partial charge in [-0.15, -0.1) is 0 Å². The zero-order valence-electron chi connectivity index (χ0n) is 11.5. The molecule has 2 aromatic carbocycles. The number of rotatable bonds is 3. The number of benzene rings is 2. The molecule has 0 aliphatic heterocycles. The maximum absolute atomic E-state index is 10.1. The van der Waals surface area contributed by atoms with Crippen molar-refractivity contribution in [2.75, 3.05) is 0 Å². The second-order valence-corrected chi connectivity index (χ2v) is 3.68. The van der Waals surface area contributed by atoms with Crippen LogP contribution in [0.2, 0.25) is 0 Å². The van der Waals surface area contributed by atoms with Gasteiger partial charge in [0.2, 0.25) is 0 Å². The van der Waals surface area contributed by atoms with Crippen LogP contribution < -0.4 is 39.4 Å². The minimum atomic E-state index is -1.13. The Balaban J connectivity index is 0.000000345. The summed E-state index contributed by atoms with van der Waals surface area (Å²) in [6.07, 6.45) is -0.734. The molecule has 4 nitrogen and oxygen atoms in total. The molecule has 1 unspecified atom stereocenters. The Hall–Kier alpha value is -1.33. The summed E-state index contributed by atoms with van der Waals surface area (Å²) in [5.41, 5.74) is 0.220. The van der Waals surface area contributed by atoms with Gasteiger partial charge in [-0.1, -0.05) is 48.5 Å². The number of carbonyl (C=O) groups is 1. The topological polar surface area (TPSA) is 69.6 Å². The fraction of sp³-hybridized carbons (Fsp3) is 0.133. The third-order valence-electron chi connectivity index (χ3n) is 2.06. The number of hydrogen-bond donors (Lipinski definition) is 1. The van der Waals surface area contributed by atoms with Gasteiger partial charge >= 0.3 is 29.6 Å². The number of aliphatic hydroxyl groups is 1. The van der Waals surface area contributed by atoms with Crippen LogP contribution in [0.25, 0.3) is 0 Å². The molecule has 2 aromatic rings. The summed E-state index contributed by atoms with van der Waals surface area (Å²) in [6, 6.07) is 17.3. The molecule has 5 heteroatoms. The Morgan fingerprint density at radius 1 is 1.05 bits per heavy atom. The largest absolute Gasteiger partial charge is 1.00 e. The van der Waals surface area contributed by atoms with Crippen LogP contribution in [-0.2, 0) is 0 Å². The number of carboxylic acid groups (broad SMARTS) is 1. The van der Waals surface area contributed by atoms with E-state index >= 15 is 0 Å². The summed E-state index contributed by atoms with van der Waals surface area (Å²) in [4.78, 5) is 10.1. The number of aliphatic hydroxyl groups excluding tert-OH is 1. The van der Waals surface area contributed by atoms with E-state index in [9.17, 15) is 9.90 Å². The molecule has 0 bridgehead atoms. The van der Waals surface area contributed by atoms with E-state index in [0.717, 1.165) is 0 Å². The Labute approximate surface area is 140 Å². The summed E-state index contributed by atoms with van der Waals surface area (Å²) < 4.78 is 4.97. The Morgan fingerprint density at radius 2 is 1.50 bits per heavy atom. The molecule has 1 N–H and O–H groups in total. The molecule has 20 heavy (non-hydrogen) atoms. The first-order valence-corrected chi connectivity index (χ1v) is 5.75. The van der Waals surface area contributed by atoms with Crippen LogP contribution in [0.5, 0.6) is 5.75 Å². The fourth-order valence-corrected chi connectivity index (χ4v) is 1.27. The standard InChI is InChI=1S/C8H10O2.C7H6O2.Na/c1-7(9)10-8-5-3-2-4-6-8;8-7(9)6-4-2-1-3-5-6;/h2-7,9H,1H3;1-5H,(H,8,9);/q;;+1/p-1. The third-order valence-corrected chi connectivity index (χ3v) is 2.06. The average Bonchev–Trinajstić information content (AvgIpc) is 2.41. The predicted molar refractivity (Wildman–Crippen MR) is 69.5 cm³/mol. The third kappa shape index (κ3) is 7.96.